The van der Waals surface area contributed by atoms with E-state index in [1.807, 2.05) is 11.4 Å². The topological polar surface area (TPSA) is 101 Å². The third kappa shape index (κ3) is 2.54. The highest BCUT2D eigenvalue weighted by Crippen LogP contribution is 2.28. The van der Waals surface area contributed by atoms with Crippen LogP contribution in [-0.4, -0.2) is 30.8 Å². The van der Waals surface area contributed by atoms with E-state index in [4.69, 9.17) is 5.11 Å². The minimum Gasteiger partial charge on any atom is -0.475 e. The fourth-order valence-electron chi connectivity index (χ4n) is 2.94. The van der Waals surface area contributed by atoms with Crippen molar-refractivity contribution in [3.05, 3.63) is 51.0 Å². The first kappa shape index (κ1) is 14.8. The summed E-state index contributed by atoms with van der Waals surface area (Å²) in [5.41, 5.74) is 3.91. The molecule has 1 aliphatic rings. The molecule has 0 unspecified atom stereocenters. The number of aryl methyl sites for hydroxylation is 2. The second-order valence-corrected chi connectivity index (χ2v) is 6.54. The Morgan fingerprint density at radius 1 is 1.25 bits per heavy atom. The average molecular weight is 342 g/mol. The van der Waals surface area contributed by atoms with Crippen molar-refractivity contribution >= 4 is 17.3 Å². The van der Waals surface area contributed by atoms with Crippen LogP contribution in [0.1, 0.15) is 34.6 Å². The van der Waals surface area contributed by atoms with E-state index in [2.05, 4.69) is 27.2 Å². The summed E-state index contributed by atoms with van der Waals surface area (Å²) >= 11 is 1.25. The minimum absolute atomic E-state index is 0.344. The Morgan fingerprint density at radius 3 is 2.79 bits per heavy atom. The van der Waals surface area contributed by atoms with Gasteiger partial charge >= 0.3 is 11.7 Å². The number of H-pyrrole nitrogens is 1. The second-order valence-electron chi connectivity index (χ2n) is 5.70. The highest BCUT2D eigenvalue weighted by atomic mass is 32.1. The zero-order valence-corrected chi connectivity index (χ0v) is 13.5. The highest BCUT2D eigenvalue weighted by molar-refractivity contribution is 7.12. The summed E-state index contributed by atoms with van der Waals surface area (Å²) in [4.78, 5) is 29.4. The minimum atomic E-state index is -1.28. The van der Waals surface area contributed by atoms with Crippen LogP contribution in [0.5, 0.6) is 0 Å². The number of hydrogen-bond acceptors (Lipinski definition) is 5. The van der Waals surface area contributed by atoms with Gasteiger partial charge in [-0.15, -0.1) is 16.4 Å². The highest BCUT2D eigenvalue weighted by Gasteiger charge is 2.16. The summed E-state index contributed by atoms with van der Waals surface area (Å²) in [5.74, 6) is -1.68. The number of aromatic carboxylic acids is 1. The maximum atomic E-state index is 11.8. The van der Waals surface area contributed by atoms with Crippen LogP contribution in [0.4, 0.5) is 0 Å². The first-order valence-corrected chi connectivity index (χ1v) is 8.50. The van der Waals surface area contributed by atoms with Crippen LogP contribution in [0, 0.1) is 0 Å². The van der Waals surface area contributed by atoms with Crippen molar-refractivity contribution in [2.24, 2.45) is 0 Å². The Bertz CT molecular complexity index is 985. The van der Waals surface area contributed by atoms with Crippen molar-refractivity contribution in [3.63, 3.8) is 0 Å². The molecule has 0 saturated heterocycles. The van der Waals surface area contributed by atoms with Crippen molar-refractivity contribution in [3.8, 4) is 16.4 Å². The number of aromatic nitrogens is 4. The number of benzene rings is 1. The van der Waals surface area contributed by atoms with Crippen molar-refractivity contribution in [2.75, 3.05) is 0 Å². The van der Waals surface area contributed by atoms with Crippen LogP contribution >= 0.6 is 11.3 Å². The molecule has 0 bridgehead atoms. The molecule has 2 aromatic heterocycles. The van der Waals surface area contributed by atoms with Gasteiger partial charge in [-0.1, -0.05) is 12.1 Å². The molecule has 122 valence electrons. The zero-order valence-electron chi connectivity index (χ0n) is 12.7. The third-order valence-electron chi connectivity index (χ3n) is 4.14. The van der Waals surface area contributed by atoms with Crippen LogP contribution in [0.25, 0.3) is 16.4 Å². The van der Waals surface area contributed by atoms with Gasteiger partial charge in [-0.25, -0.2) is 14.6 Å². The van der Waals surface area contributed by atoms with Crippen LogP contribution in [0.2, 0.25) is 0 Å². The Balaban J connectivity index is 1.70. The van der Waals surface area contributed by atoms with E-state index in [0.717, 1.165) is 28.8 Å². The molecule has 0 radical (unpaired) electrons. The van der Waals surface area contributed by atoms with Crippen LogP contribution in [-0.2, 0) is 12.8 Å². The fraction of sp³-hybridized carbons (Fsp3) is 0.250. The fourth-order valence-corrected chi connectivity index (χ4v) is 3.72. The van der Waals surface area contributed by atoms with Gasteiger partial charge in [0.15, 0.2) is 0 Å². The first-order valence-electron chi connectivity index (χ1n) is 7.62. The summed E-state index contributed by atoms with van der Waals surface area (Å²) in [6, 6.07) is 6.34. The van der Waals surface area contributed by atoms with Crippen LogP contribution < -0.4 is 5.69 Å². The van der Waals surface area contributed by atoms with E-state index >= 15 is 0 Å². The zero-order chi connectivity index (χ0) is 16.7. The molecule has 1 aliphatic carbocycles. The molecule has 8 heteroatoms. The number of carboxylic acids is 1. The average Bonchev–Trinajstić information content (AvgIpc) is 3.21. The van der Waals surface area contributed by atoms with Crippen molar-refractivity contribution in [1.29, 1.82) is 0 Å². The smallest absolute Gasteiger partial charge is 0.373 e. The summed E-state index contributed by atoms with van der Waals surface area (Å²) in [7, 11) is 0. The molecule has 2 heterocycles. The number of rotatable bonds is 3. The lowest BCUT2D eigenvalue weighted by Gasteiger charge is -2.15. The lowest BCUT2D eigenvalue weighted by molar-refractivity contribution is 0.0683. The van der Waals surface area contributed by atoms with Crippen molar-refractivity contribution in [2.45, 2.75) is 25.7 Å². The molecule has 3 aromatic rings. The van der Waals surface area contributed by atoms with Gasteiger partial charge in [0.2, 0.25) is 11.0 Å². The van der Waals surface area contributed by atoms with E-state index in [1.165, 1.54) is 35.3 Å². The summed E-state index contributed by atoms with van der Waals surface area (Å²) in [6.45, 7) is 0. The van der Waals surface area contributed by atoms with Gasteiger partial charge in [-0.05, 0) is 42.9 Å². The molecule has 24 heavy (non-hydrogen) atoms. The molecule has 0 saturated carbocycles. The number of nitrogens with one attached hydrogen (secondary N) is 1. The first-order chi connectivity index (χ1) is 11.6. The summed E-state index contributed by atoms with van der Waals surface area (Å²) in [6.07, 6.45) is 4.65. The molecule has 4 rings (SSSR count). The van der Waals surface area contributed by atoms with Gasteiger partial charge in [0.1, 0.15) is 0 Å². The molecule has 0 fully saturated rings. The van der Waals surface area contributed by atoms with Gasteiger partial charge in [-0.2, -0.15) is 4.68 Å². The Labute approximate surface area is 140 Å². The van der Waals surface area contributed by atoms with Crippen molar-refractivity contribution < 1.29 is 9.90 Å². The number of hydrogen-bond donors (Lipinski definition) is 2. The number of nitrogens with zero attached hydrogens (tertiary/aromatic N) is 3. The Morgan fingerprint density at radius 2 is 2.04 bits per heavy atom. The SMILES string of the molecule is O=C(O)c1nn(-c2nc(-c3ccc4c(c3)CCCC4)cs2)c(=O)[nH]1. The van der Waals surface area contributed by atoms with Gasteiger partial charge in [-0.3, -0.25) is 4.98 Å². The van der Waals surface area contributed by atoms with Gasteiger partial charge < -0.3 is 5.11 Å². The number of fused-ring (bicyclic) bond motifs is 1. The van der Waals surface area contributed by atoms with E-state index in [9.17, 15) is 9.59 Å². The molecule has 7 nitrogen and oxygen atoms in total. The predicted octanol–water partition coefficient (Wildman–Crippen LogP) is 2.26. The molecular weight excluding hydrogens is 328 g/mol. The molecule has 2 N–H and O–H groups in total. The third-order valence-corrected chi connectivity index (χ3v) is 4.95. The standard InChI is InChI=1S/C16H14N4O3S/c21-14(22)13-18-15(23)20(19-13)16-17-12(8-24-16)11-6-5-9-3-1-2-4-10(9)7-11/h5-8H,1-4H2,(H,21,22)(H,18,19,23). The molecule has 0 spiro atoms. The summed E-state index contributed by atoms with van der Waals surface area (Å²) < 4.78 is 0.982. The van der Waals surface area contributed by atoms with Crippen LogP contribution in [0.3, 0.4) is 0 Å². The quantitative estimate of drug-likeness (QED) is 0.760. The lowest BCUT2D eigenvalue weighted by Crippen LogP contribution is -2.15. The molecule has 0 aliphatic heterocycles. The van der Waals surface area contributed by atoms with Gasteiger partial charge in [0.05, 0.1) is 5.69 Å². The van der Waals surface area contributed by atoms with Gasteiger partial charge in [0, 0.05) is 10.9 Å². The Hall–Kier alpha value is -2.74. The number of thiazole rings is 1. The lowest BCUT2D eigenvalue weighted by atomic mass is 9.90. The van der Waals surface area contributed by atoms with E-state index in [-0.39, 0.29) is 0 Å². The van der Waals surface area contributed by atoms with E-state index in [0.29, 0.717) is 5.13 Å². The molecule has 0 atom stereocenters. The summed E-state index contributed by atoms with van der Waals surface area (Å²) in [5, 5.41) is 14.8. The number of aromatic amines is 1. The molecule has 0 amide bonds. The van der Waals surface area contributed by atoms with Gasteiger partial charge in [0.25, 0.3) is 0 Å². The maximum Gasteiger partial charge on any atom is 0.373 e. The predicted molar refractivity (Wildman–Crippen MR) is 88.9 cm³/mol. The molecule has 1 aromatic carbocycles. The monoisotopic (exact) mass is 342 g/mol. The molecular formula is C16H14N4O3S. The number of carbonyl (C=O) groups is 1. The second kappa shape index (κ2) is 5.72. The Kier molecular flexibility index (Phi) is 3.53. The normalized spacial score (nSPS) is 13.7. The van der Waals surface area contributed by atoms with Crippen molar-refractivity contribution in [1.82, 2.24) is 19.7 Å². The maximum absolute atomic E-state index is 11.8. The van der Waals surface area contributed by atoms with E-state index in [1.54, 1.807) is 0 Å². The number of carboxylic acid groups (broad SMARTS) is 1. The van der Waals surface area contributed by atoms with Crippen LogP contribution in [0.15, 0.2) is 28.4 Å². The van der Waals surface area contributed by atoms with E-state index < -0.39 is 17.5 Å². The largest absolute Gasteiger partial charge is 0.475 e.